The quantitative estimate of drug-likeness (QED) is 0.492. The average Bonchev–Trinajstić information content (AvgIpc) is 3.21. The maximum atomic E-state index is 13.1. The number of halogens is 3. The predicted octanol–water partition coefficient (Wildman–Crippen LogP) is 4.82. The second-order valence-electron chi connectivity index (χ2n) is 7.43. The highest BCUT2D eigenvalue weighted by atomic mass is 32.2. The number of fused-ring (bicyclic) bond motifs is 1. The van der Waals surface area contributed by atoms with Gasteiger partial charge in [-0.2, -0.15) is 21.6 Å². The molecule has 2 aromatic carbocycles. The van der Waals surface area contributed by atoms with Crippen LogP contribution < -0.4 is 9.62 Å². The third-order valence-electron chi connectivity index (χ3n) is 5.08. The van der Waals surface area contributed by atoms with E-state index in [0.717, 1.165) is 24.0 Å². The number of aryl methyl sites for hydroxylation is 1. The third kappa shape index (κ3) is 5.30. The molecule has 1 aliphatic heterocycles. The number of H-pyrrole nitrogens is 1. The molecule has 0 saturated heterocycles. The number of alkyl halides is 3. The first-order valence-electron chi connectivity index (χ1n) is 10.1. The van der Waals surface area contributed by atoms with Gasteiger partial charge in [-0.3, -0.25) is 4.72 Å². The molecule has 9 nitrogen and oxygen atoms in total. The van der Waals surface area contributed by atoms with Gasteiger partial charge in [-0.05, 0) is 42.5 Å². The molecule has 0 amide bonds. The summed E-state index contributed by atoms with van der Waals surface area (Å²) in [5, 5.41) is 15.0. The highest BCUT2D eigenvalue weighted by Crippen LogP contribution is 2.39. The molecule has 0 radical (unpaired) electrons. The summed E-state index contributed by atoms with van der Waals surface area (Å²) >= 11 is 0. The monoisotopic (exact) mass is 479 g/mol. The second kappa shape index (κ2) is 9.17. The van der Waals surface area contributed by atoms with E-state index in [0.29, 0.717) is 25.2 Å². The fourth-order valence-corrected chi connectivity index (χ4v) is 4.11. The molecule has 2 heterocycles. The van der Waals surface area contributed by atoms with Gasteiger partial charge in [-0.25, -0.2) is 0 Å². The second-order valence-corrected chi connectivity index (χ2v) is 9.10. The Kier molecular flexibility index (Phi) is 6.31. The summed E-state index contributed by atoms with van der Waals surface area (Å²) in [4.78, 5) is 4.62. The molecule has 0 aliphatic carbocycles. The molecule has 174 valence electrons. The van der Waals surface area contributed by atoms with E-state index in [1.165, 1.54) is 12.4 Å². The molecule has 1 aromatic heterocycles. The smallest absolute Gasteiger partial charge is 0.367 e. The van der Waals surface area contributed by atoms with Crippen molar-refractivity contribution in [2.45, 2.75) is 31.3 Å². The maximum absolute atomic E-state index is 13.1. The number of nitrogens with one attached hydrogen (secondary N) is 2. The summed E-state index contributed by atoms with van der Waals surface area (Å²) in [7, 11) is -5.66. The lowest BCUT2D eigenvalue weighted by Crippen LogP contribution is -2.30. The molecule has 1 aliphatic rings. The van der Waals surface area contributed by atoms with Crippen molar-refractivity contribution in [3.8, 4) is 0 Å². The zero-order valence-corrected chi connectivity index (χ0v) is 18.1. The maximum Gasteiger partial charge on any atom is 0.516 e. The molecule has 0 spiro atoms. The normalized spacial score (nSPS) is 14.8. The van der Waals surface area contributed by atoms with E-state index in [1.807, 2.05) is 35.2 Å². The van der Waals surface area contributed by atoms with Crippen molar-refractivity contribution in [3.63, 3.8) is 0 Å². The molecular formula is C20H20F3N7O2S. The number of nitrogens with zero attached hydrogens (tertiary/aromatic N) is 5. The molecule has 0 atom stereocenters. The van der Waals surface area contributed by atoms with Crippen LogP contribution in [0, 0.1) is 0 Å². The van der Waals surface area contributed by atoms with Gasteiger partial charge in [0.05, 0.1) is 5.69 Å². The van der Waals surface area contributed by atoms with Crippen molar-refractivity contribution in [2.24, 2.45) is 10.2 Å². The molecular weight excluding hydrogens is 459 g/mol. The number of aromatic nitrogens is 3. The minimum atomic E-state index is -5.66. The Morgan fingerprint density at radius 1 is 1.12 bits per heavy atom. The molecule has 33 heavy (non-hydrogen) atoms. The highest BCUT2D eigenvalue weighted by molar-refractivity contribution is 7.93. The summed E-state index contributed by atoms with van der Waals surface area (Å²) in [6.45, 7) is 1.20. The first-order chi connectivity index (χ1) is 15.7. The van der Waals surface area contributed by atoms with Crippen LogP contribution in [0.1, 0.15) is 24.0 Å². The first kappa shape index (κ1) is 22.7. The summed E-state index contributed by atoms with van der Waals surface area (Å²) < 4.78 is 64.6. The number of hydrogen-bond donors (Lipinski definition) is 2. The fraction of sp³-hybridized carbons (Fsp3) is 0.300. The van der Waals surface area contributed by atoms with Gasteiger partial charge in [0.1, 0.15) is 12.0 Å². The van der Waals surface area contributed by atoms with E-state index in [-0.39, 0.29) is 17.3 Å². The minimum absolute atomic E-state index is 0.0280. The van der Waals surface area contributed by atoms with Crippen LogP contribution in [0.3, 0.4) is 0 Å². The van der Waals surface area contributed by atoms with Crippen LogP contribution in [-0.2, 0) is 23.0 Å². The van der Waals surface area contributed by atoms with Crippen molar-refractivity contribution in [1.29, 1.82) is 0 Å². The zero-order valence-electron chi connectivity index (χ0n) is 17.2. The molecule has 2 N–H and O–H groups in total. The number of rotatable bonds is 6. The predicted molar refractivity (Wildman–Crippen MR) is 116 cm³/mol. The molecule has 0 saturated carbocycles. The number of hydrogen-bond acceptors (Lipinski definition) is 7. The zero-order chi connectivity index (χ0) is 23.5. The topological polar surface area (TPSA) is 116 Å². The number of anilines is 2. The Morgan fingerprint density at radius 3 is 2.61 bits per heavy atom. The molecule has 0 bridgehead atoms. The van der Waals surface area contributed by atoms with Crippen LogP contribution in [0.15, 0.2) is 59.0 Å². The van der Waals surface area contributed by atoms with Crippen LogP contribution in [0.4, 0.5) is 36.2 Å². The average molecular weight is 479 g/mol. The molecule has 3 aromatic rings. The van der Waals surface area contributed by atoms with Crippen LogP contribution in [-0.4, -0.2) is 35.7 Å². The van der Waals surface area contributed by atoms with E-state index in [9.17, 15) is 21.6 Å². The fourth-order valence-electron chi connectivity index (χ4n) is 3.54. The largest absolute Gasteiger partial charge is 0.516 e. The summed E-state index contributed by atoms with van der Waals surface area (Å²) in [5.41, 5.74) is -3.35. The SMILES string of the molecule is O=S(=O)(Nc1cc2c(cc1N=Nc1nnc[nH]1)CCCCN2Cc1ccccc1)C(F)(F)F. The lowest BCUT2D eigenvalue weighted by atomic mass is 10.1. The van der Waals surface area contributed by atoms with Gasteiger partial charge < -0.3 is 9.88 Å². The lowest BCUT2D eigenvalue weighted by molar-refractivity contribution is -0.0429. The number of sulfonamides is 1. The van der Waals surface area contributed by atoms with Crippen molar-refractivity contribution < 1.29 is 21.6 Å². The van der Waals surface area contributed by atoms with Gasteiger partial charge in [0.2, 0.25) is 0 Å². The van der Waals surface area contributed by atoms with Crippen LogP contribution in [0.2, 0.25) is 0 Å². The first-order valence-corrected chi connectivity index (χ1v) is 11.5. The molecule has 13 heteroatoms. The standard InChI is InChI=1S/C20H20F3N7O2S/c21-20(22,23)33(31,32)29-17-11-18-15(10-16(17)26-28-19-24-13-25-27-19)8-4-5-9-30(18)12-14-6-2-1-3-7-14/h1-3,6-7,10-11,13,29H,4-5,8-9,12H2,(H,24,25,27). The van der Waals surface area contributed by atoms with Gasteiger partial charge in [-0.15, -0.1) is 20.4 Å². The Morgan fingerprint density at radius 2 is 1.91 bits per heavy atom. The Labute approximate surface area is 187 Å². The van der Waals surface area contributed by atoms with Gasteiger partial charge in [0.25, 0.3) is 5.95 Å². The van der Waals surface area contributed by atoms with Crippen molar-refractivity contribution >= 4 is 33.0 Å². The van der Waals surface area contributed by atoms with Crippen LogP contribution in [0.5, 0.6) is 0 Å². The Bertz CT molecular complexity index is 1230. The van der Waals surface area contributed by atoms with E-state index in [1.54, 1.807) is 10.8 Å². The van der Waals surface area contributed by atoms with E-state index >= 15 is 0 Å². The number of aromatic amines is 1. The van der Waals surface area contributed by atoms with Gasteiger partial charge >= 0.3 is 15.5 Å². The summed E-state index contributed by atoms with van der Waals surface area (Å²) in [6.07, 6.45) is 3.67. The molecule has 4 rings (SSSR count). The van der Waals surface area contributed by atoms with Crippen molar-refractivity contribution in [2.75, 3.05) is 16.2 Å². The molecule has 0 fully saturated rings. The van der Waals surface area contributed by atoms with Crippen LogP contribution in [0.25, 0.3) is 0 Å². The third-order valence-corrected chi connectivity index (χ3v) is 6.18. The highest BCUT2D eigenvalue weighted by Gasteiger charge is 2.46. The Balaban J connectivity index is 1.78. The van der Waals surface area contributed by atoms with E-state index in [2.05, 4.69) is 25.4 Å². The Hall–Kier alpha value is -3.48. The molecule has 0 unspecified atom stereocenters. The van der Waals surface area contributed by atoms with Crippen LogP contribution >= 0.6 is 0 Å². The van der Waals surface area contributed by atoms with E-state index < -0.39 is 15.5 Å². The van der Waals surface area contributed by atoms with Gasteiger partial charge in [0, 0.05) is 18.8 Å². The lowest BCUT2D eigenvalue weighted by Gasteiger charge is -2.26. The number of azo groups is 1. The summed E-state index contributed by atoms with van der Waals surface area (Å²) in [5.74, 6) is 0.0280. The van der Waals surface area contributed by atoms with Gasteiger partial charge in [-0.1, -0.05) is 30.3 Å². The number of benzene rings is 2. The van der Waals surface area contributed by atoms with Crippen molar-refractivity contribution in [3.05, 3.63) is 59.9 Å². The van der Waals surface area contributed by atoms with Gasteiger partial charge in [0.15, 0.2) is 0 Å². The van der Waals surface area contributed by atoms with Crippen molar-refractivity contribution in [1.82, 2.24) is 15.2 Å². The summed E-state index contributed by atoms with van der Waals surface area (Å²) in [6, 6.07) is 12.6. The van der Waals surface area contributed by atoms with E-state index in [4.69, 9.17) is 0 Å². The minimum Gasteiger partial charge on any atom is -0.367 e.